The molecule has 0 spiro atoms. The number of carboxylic acids is 2. The summed E-state index contributed by atoms with van der Waals surface area (Å²) in [6.45, 7) is 1.85. The molecule has 30 heavy (non-hydrogen) atoms. The molecule has 8 nitrogen and oxygen atoms in total. The third-order valence-corrected chi connectivity index (χ3v) is 5.36. The van der Waals surface area contributed by atoms with Gasteiger partial charge in [-0.3, -0.25) is 14.5 Å². The number of halogens is 1. The Morgan fingerprint density at radius 2 is 1.87 bits per heavy atom. The van der Waals surface area contributed by atoms with Crippen molar-refractivity contribution in [2.45, 2.75) is 12.6 Å². The lowest BCUT2D eigenvalue weighted by atomic mass is 10.0. The van der Waals surface area contributed by atoms with Gasteiger partial charge in [0.05, 0.1) is 5.52 Å². The highest BCUT2D eigenvalue weighted by Gasteiger charge is 2.33. The molecule has 0 amide bonds. The standard InChI is InChI=1S/C21H21FN4O4/c22-14-4-5-15-16(12-26(13-19(27)28)17(15)11-14)20(21(29)30)25-9-7-24(8-10-25)18-3-1-2-6-23-18/h1-6,11-12,20H,7-10,13H2,(H,27,28)(H,29,30). The molecule has 2 aromatic heterocycles. The lowest BCUT2D eigenvalue weighted by Crippen LogP contribution is -2.49. The van der Waals surface area contributed by atoms with Gasteiger partial charge in [0, 0.05) is 49.5 Å². The SMILES string of the molecule is O=C(O)Cn1cc(C(C(=O)O)N2CCN(c3ccccn3)CC2)c2ccc(F)cc21. The van der Waals surface area contributed by atoms with E-state index in [9.17, 15) is 24.2 Å². The van der Waals surface area contributed by atoms with Gasteiger partial charge in [0.15, 0.2) is 0 Å². The summed E-state index contributed by atoms with van der Waals surface area (Å²) in [6.07, 6.45) is 3.24. The molecular weight excluding hydrogens is 391 g/mol. The van der Waals surface area contributed by atoms with Gasteiger partial charge in [-0.25, -0.2) is 9.37 Å². The average molecular weight is 412 g/mol. The minimum absolute atomic E-state index is 0.366. The summed E-state index contributed by atoms with van der Waals surface area (Å²) in [5, 5.41) is 19.7. The normalized spacial score (nSPS) is 16.0. The van der Waals surface area contributed by atoms with Gasteiger partial charge >= 0.3 is 11.9 Å². The number of nitrogens with zero attached hydrogens (tertiary/aromatic N) is 4. The Hall–Kier alpha value is -3.46. The van der Waals surface area contributed by atoms with Gasteiger partial charge in [-0.2, -0.15) is 0 Å². The molecule has 0 bridgehead atoms. The van der Waals surface area contributed by atoms with E-state index in [2.05, 4.69) is 9.88 Å². The van der Waals surface area contributed by atoms with E-state index in [0.717, 1.165) is 5.82 Å². The molecule has 1 atom stereocenters. The maximum absolute atomic E-state index is 13.8. The van der Waals surface area contributed by atoms with E-state index in [1.54, 1.807) is 6.20 Å². The Morgan fingerprint density at radius 3 is 2.50 bits per heavy atom. The number of hydrogen-bond acceptors (Lipinski definition) is 5. The molecule has 1 fully saturated rings. The van der Waals surface area contributed by atoms with Crippen LogP contribution in [0, 0.1) is 5.82 Å². The molecule has 3 heterocycles. The number of anilines is 1. The average Bonchev–Trinajstić information content (AvgIpc) is 3.05. The monoisotopic (exact) mass is 412 g/mol. The number of aromatic nitrogens is 2. The van der Waals surface area contributed by atoms with Crippen molar-refractivity contribution in [1.29, 1.82) is 0 Å². The molecule has 1 saturated heterocycles. The first kappa shape index (κ1) is 19.8. The second kappa shape index (κ2) is 8.11. The molecule has 0 radical (unpaired) electrons. The van der Waals surface area contributed by atoms with E-state index < -0.39 is 23.8 Å². The number of piperazine rings is 1. The summed E-state index contributed by atoms with van der Waals surface area (Å²) >= 11 is 0. The van der Waals surface area contributed by atoms with Gasteiger partial charge in [-0.05, 0) is 30.3 Å². The Bertz CT molecular complexity index is 1080. The number of hydrogen-bond donors (Lipinski definition) is 2. The molecule has 4 rings (SSSR count). The van der Waals surface area contributed by atoms with Gasteiger partial charge in [0.2, 0.25) is 0 Å². The Labute approximate surface area is 171 Å². The topological polar surface area (TPSA) is 98.9 Å². The lowest BCUT2D eigenvalue weighted by molar-refractivity contribution is -0.143. The molecule has 9 heteroatoms. The van der Waals surface area contributed by atoms with Crippen molar-refractivity contribution in [1.82, 2.24) is 14.5 Å². The number of carboxylic acid groups (broad SMARTS) is 2. The zero-order valence-corrected chi connectivity index (χ0v) is 16.1. The molecule has 1 aliphatic heterocycles. The second-order valence-electron chi connectivity index (χ2n) is 7.22. The van der Waals surface area contributed by atoms with Crippen LogP contribution in [0.2, 0.25) is 0 Å². The predicted molar refractivity (Wildman–Crippen MR) is 108 cm³/mol. The van der Waals surface area contributed by atoms with E-state index >= 15 is 0 Å². The third-order valence-electron chi connectivity index (χ3n) is 5.36. The highest BCUT2D eigenvalue weighted by atomic mass is 19.1. The van der Waals surface area contributed by atoms with Crippen LogP contribution >= 0.6 is 0 Å². The molecular formula is C21H21FN4O4. The molecule has 1 aliphatic rings. The van der Waals surface area contributed by atoms with Crippen LogP contribution in [-0.2, 0) is 16.1 Å². The summed E-state index contributed by atoms with van der Waals surface area (Å²) in [6, 6.07) is 8.71. The van der Waals surface area contributed by atoms with Crippen molar-refractivity contribution >= 4 is 28.7 Å². The van der Waals surface area contributed by atoms with E-state index in [1.807, 2.05) is 23.1 Å². The van der Waals surface area contributed by atoms with E-state index in [1.165, 1.54) is 29.0 Å². The zero-order chi connectivity index (χ0) is 21.3. The molecule has 1 unspecified atom stereocenters. The lowest BCUT2D eigenvalue weighted by Gasteiger charge is -2.38. The van der Waals surface area contributed by atoms with Crippen molar-refractivity contribution in [2.75, 3.05) is 31.1 Å². The highest BCUT2D eigenvalue weighted by molar-refractivity contribution is 5.90. The van der Waals surface area contributed by atoms with Crippen LogP contribution < -0.4 is 4.90 Å². The van der Waals surface area contributed by atoms with Crippen LogP contribution in [0.25, 0.3) is 10.9 Å². The molecule has 3 aromatic rings. The first-order valence-corrected chi connectivity index (χ1v) is 9.57. The largest absolute Gasteiger partial charge is 0.480 e. The highest BCUT2D eigenvalue weighted by Crippen LogP contribution is 2.32. The minimum Gasteiger partial charge on any atom is -0.480 e. The van der Waals surface area contributed by atoms with Crippen LogP contribution in [0.3, 0.4) is 0 Å². The molecule has 0 saturated carbocycles. The summed E-state index contributed by atoms with van der Waals surface area (Å²) in [4.78, 5) is 31.7. The fourth-order valence-corrected chi connectivity index (χ4v) is 4.02. The zero-order valence-electron chi connectivity index (χ0n) is 16.1. The molecule has 1 aromatic carbocycles. The smallest absolute Gasteiger partial charge is 0.325 e. The fourth-order valence-electron chi connectivity index (χ4n) is 4.02. The first-order chi connectivity index (χ1) is 14.4. The van der Waals surface area contributed by atoms with E-state index in [-0.39, 0.29) is 6.54 Å². The number of fused-ring (bicyclic) bond motifs is 1. The Morgan fingerprint density at radius 1 is 1.10 bits per heavy atom. The second-order valence-corrected chi connectivity index (χ2v) is 7.22. The molecule has 156 valence electrons. The van der Waals surface area contributed by atoms with Gasteiger partial charge in [0.1, 0.15) is 24.2 Å². The van der Waals surface area contributed by atoms with Crippen molar-refractivity contribution in [3.63, 3.8) is 0 Å². The van der Waals surface area contributed by atoms with E-state index in [0.29, 0.717) is 42.6 Å². The summed E-state index contributed by atoms with van der Waals surface area (Å²) in [5.41, 5.74) is 0.829. The number of pyridine rings is 1. The van der Waals surface area contributed by atoms with Crippen LogP contribution in [0.5, 0.6) is 0 Å². The molecule has 0 aliphatic carbocycles. The van der Waals surface area contributed by atoms with Crippen molar-refractivity contribution in [3.8, 4) is 0 Å². The van der Waals surface area contributed by atoms with Crippen LogP contribution in [0.15, 0.2) is 48.8 Å². The first-order valence-electron chi connectivity index (χ1n) is 9.57. The van der Waals surface area contributed by atoms with Crippen LogP contribution in [0.4, 0.5) is 10.2 Å². The quantitative estimate of drug-likeness (QED) is 0.640. The van der Waals surface area contributed by atoms with Gasteiger partial charge in [0.25, 0.3) is 0 Å². The van der Waals surface area contributed by atoms with E-state index in [4.69, 9.17) is 0 Å². The minimum atomic E-state index is -1.08. The Balaban J connectivity index is 1.65. The Kier molecular flexibility index (Phi) is 5.37. The van der Waals surface area contributed by atoms with Gasteiger partial charge < -0.3 is 19.7 Å². The maximum Gasteiger partial charge on any atom is 0.325 e. The number of rotatable bonds is 6. The number of benzene rings is 1. The van der Waals surface area contributed by atoms with Crippen LogP contribution in [0.1, 0.15) is 11.6 Å². The predicted octanol–water partition coefficient (Wildman–Crippen LogP) is 2.21. The molecule has 2 N–H and O–H groups in total. The fraction of sp³-hybridized carbons (Fsp3) is 0.286. The summed E-state index contributed by atoms with van der Waals surface area (Å²) in [7, 11) is 0. The summed E-state index contributed by atoms with van der Waals surface area (Å²) in [5.74, 6) is -1.77. The van der Waals surface area contributed by atoms with Gasteiger partial charge in [-0.15, -0.1) is 0 Å². The number of carbonyl (C=O) groups is 2. The van der Waals surface area contributed by atoms with Gasteiger partial charge in [-0.1, -0.05) is 6.07 Å². The third kappa shape index (κ3) is 3.84. The maximum atomic E-state index is 13.8. The van der Waals surface area contributed by atoms with Crippen molar-refractivity contribution in [2.24, 2.45) is 0 Å². The van der Waals surface area contributed by atoms with Crippen LogP contribution in [-0.4, -0.2) is 62.8 Å². The van der Waals surface area contributed by atoms with Crippen molar-refractivity contribution < 1.29 is 24.2 Å². The number of aliphatic carboxylic acids is 2. The van der Waals surface area contributed by atoms with Crippen molar-refractivity contribution in [3.05, 3.63) is 60.2 Å². The summed E-state index contributed by atoms with van der Waals surface area (Å²) < 4.78 is 15.2.